The van der Waals surface area contributed by atoms with Gasteiger partial charge in [-0.3, -0.25) is 9.69 Å². The number of ether oxygens (including phenoxy) is 1. The molecule has 22 heavy (non-hydrogen) atoms. The van der Waals surface area contributed by atoms with Crippen LogP contribution in [0.1, 0.15) is 12.8 Å². The Balaban J connectivity index is 1.53. The van der Waals surface area contributed by atoms with E-state index >= 15 is 0 Å². The van der Waals surface area contributed by atoms with Crippen LogP contribution in [0, 0.1) is 5.82 Å². The van der Waals surface area contributed by atoms with Crippen molar-refractivity contribution in [2.75, 3.05) is 19.7 Å². The minimum Gasteiger partial charge on any atom is -0.491 e. The summed E-state index contributed by atoms with van der Waals surface area (Å²) in [5.74, 6) is -0.203. The number of aliphatic hydroxyl groups excluding tert-OH is 1. The van der Waals surface area contributed by atoms with Gasteiger partial charge in [0.15, 0.2) is 0 Å². The van der Waals surface area contributed by atoms with Gasteiger partial charge in [-0.25, -0.2) is 9.18 Å². The maximum absolute atomic E-state index is 12.8. The summed E-state index contributed by atoms with van der Waals surface area (Å²) < 4.78 is 18.1. The summed E-state index contributed by atoms with van der Waals surface area (Å²) in [4.78, 5) is 26.8. The van der Waals surface area contributed by atoms with Gasteiger partial charge in [0.05, 0.1) is 6.54 Å². The Kier molecular flexibility index (Phi) is 3.98. The van der Waals surface area contributed by atoms with E-state index in [1.54, 1.807) is 4.90 Å². The number of rotatable bonds is 5. The molecule has 0 aliphatic carbocycles. The highest BCUT2D eigenvalue weighted by atomic mass is 19.1. The van der Waals surface area contributed by atoms with E-state index in [2.05, 4.69) is 0 Å². The minimum atomic E-state index is -0.988. The van der Waals surface area contributed by atoms with E-state index in [1.807, 2.05) is 0 Å². The molecular weight excluding hydrogens is 291 g/mol. The van der Waals surface area contributed by atoms with Crippen LogP contribution >= 0.6 is 0 Å². The smallest absolute Gasteiger partial charge is 0.327 e. The van der Waals surface area contributed by atoms with Gasteiger partial charge in [0, 0.05) is 6.54 Å². The number of fused-ring (bicyclic) bond motifs is 1. The quantitative estimate of drug-likeness (QED) is 0.824. The molecular formula is C15H17FN2O4. The first kappa shape index (κ1) is 14.8. The topological polar surface area (TPSA) is 70.1 Å². The van der Waals surface area contributed by atoms with Gasteiger partial charge < -0.3 is 14.7 Å². The molecule has 0 bridgehead atoms. The fourth-order valence-corrected chi connectivity index (χ4v) is 2.84. The summed E-state index contributed by atoms with van der Waals surface area (Å²) in [7, 11) is 0. The molecule has 0 spiro atoms. The summed E-state index contributed by atoms with van der Waals surface area (Å²) in [5, 5.41) is 9.96. The normalized spacial score (nSPS) is 22.2. The molecule has 1 aromatic rings. The van der Waals surface area contributed by atoms with Gasteiger partial charge in [-0.2, -0.15) is 0 Å². The van der Waals surface area contributed by atoms with E-state index in [9.17, 15) is 19.1 Å². The zero-order chi connectivity index (χ0) is 15.7. The van der Waals surface area contributed by atoms with Gasteiger partial charge >= 0.3 is 6.03 Å². The largest absolute Gasteiger partial charge is 0.491 e. The number of benzene rings is 1. The second kappa shape index (κ2) is 5.92. The zero-order valence-corrected chi connectivity index (χ0v) is 11.9. The Morgan fingerprint density at radius 3 is 2.73 bits per heavy atom. The van der Waals surface area contributed by atoms with Crippen molar-refractivity contribution in [3.8, 4) is 5.75 Å². The van der Waals surface area contributed by atoms with Crippen LogP contribution in [0.2, 0.25) is 0 Å². The Labute approximate surface area is 127 Å². The maximum atomic E-state index is 12.8. The average Bonchev–Trinajstić information content (AvgIpc) is 3.07. The summed E-state index contributed by atoms with van der Waals surface area (Å²) in [6.45, 7) is 0.424. The third-order valence-corrected chi connectivity index (χ3v) is 3.93. The third-order valence-electron chi connectivity index (χ3n) is 3.93. The molecule has 2 aliphatic rings. The number of nitrogens with zero attached hydrogens (tertiary/aromatic N) is 2. The molecule has 2 saturated heterocycles. The van der Waals surface area contributed by atoms with Crippen LogP contribution in [0.5, 0.6) is 5.75 Å². The third kappa shape index (κ3) is 2.76. The molecule has 7 heteroatoms. The standard InChI is InChI=1S/C15H17FN2O4/c16-10-3-5-12(6-4-10)22-9-11(19)8-18-14(20)13-2-1-7-17(13)15(18)21/h3-6,11,13,19H,1-2,7-9H2/t11-,13+/m1/s1. The summed E-state index contributed by atoms with van der Waals surface area (Å²) >= 11 is 0. The summed E-state index contributed by atoms with van der Waals surface area (Å²) in [5.41, 5.74) is 0. The Hall–Kier alpha value is -2.15. The molecule has 3 rings (SSSR count). The van der Waals surface area contributed by atoms with E-state index in [0.717, 1.165) is 11.3 Å². The van der Waals surface area contributed by atoms with Crippen molar-refractivity contribution < 1.29 is 23.8 Å². The number of hydrogen-bond donors (Lipinski definition) is 1. The number of aliphatic hydroxyl groups is 1. The fraction of sp³-hybridized carbons (Fsp3) is 0.467. The van der Waals surface area contributed by atoms with Crippen LogP contribution in [0.3, 0.4) is 0 Å². The van der Waals surface area contributed by atoms with Crippen molar-refractivity contribution >= 4 is 11.9 Å². The molecule has 2 aliphatic heterocycles. The molecule has 6 nitrogen and oxygen atoms in total. The Bertz CT molecular complexity index is 555. The van der Waals surface area contributed by atoms with Crippen LogP contribution in [0.4, 0.5) is 9.18 Å². The lowest BCUT2D eigenvalue weighted by atomic mass is 10.2. The zero-order valence-electron chi connectivity index (χ0n) is 11.9. The first-order valence-corrected chi connectivity index (χ1v) is 7.24. The number of imide groups is 1. The van der Waals surface area contributed by atoms with Gasteiger partial charge in [0.25, 0.3) is 5.91 Å². The summed E-state index contributed by atoms with van der Waals surface area (Å²) in [6, 6.07) is 4.70. The predicted octanol–water partition coefficient (Wildman–Crippen LogP) is 0.992. The van der Waals surface area contributed by atoms with Gasteiger partial charge in [0.2, 0.25) is 0 Å². The van der Waals surface area contributed by atoms with E-state index in [-0.39, 0.29) is 36.9 Å². The van der Waals surface area contributed by atoms with Crippen LogP contribution in [0.15, 0.2) is 24.3 Å². The minimum absolute atomic E-state index is 0.0760. The molecule has 0 radical (unpaired) electrons. The Morgan fingerprint density at radius 2 is 2.05 bits per heavy atom. The molecule has 1 N–H and O–H groups in total. The van der Waals surface area contributed by atoms with Crippen molar-refractivity contribution in [1.82, 2.24) is 9.80 Å². The molecule has 2 atom stereocenters. The molecule has 1 aromatic carbocycles. The number of amides is 3. The average molecular weight is 308 g/mol. The monoisotopic (exact) mass is 308 g/mol. The molecule has 0 aromatic heterocycles. The highest BCUT2D eigenvalue weighted by Crippen LogP contribution is 2.27. The van der Waals surface area contributed by atoms with E-state index in [4.69, 9.17) is 4.74 Å². The van der Waals surface area contributed by atoms with E-state index < -0.39 is 6.10 Å². The lowest BCUT2D eigenvalue weighted by molar-refractivity contribution is -0.129. The molecule has 118 valence electrons. The number of halogens is 1. The van der Waals surface area contributed by atoms with Gasteiger partial charge in [-0.15, -0.1) is 0 Å². The molecule has 0 saturated carbocycles. The summed E-state index contributed by atoms with van der Waals surface area (Å²) in [6.07, 6.45) is 0.535. The van der Waals surface area contributed by atoms with Crippen LogP contribution in [-0.2, 0) is 4.79 Å². The number of hydrogen-bond acceptors (Lipinski definition) is 4. The lowest BCUT2D eigenvalue weighted by Gasteiger charge is -2.19. The van der Waals surface area contributed by atoms with Gasteiger partial charge in [-0.1, -0.05) is 0 Å². The molecule has 2 fully saturated rings. The van der Waals surface area contributed by atoms with Crippen molar-refractivity contribution in [3.63, 3.8) is 0 Å². The van der Waals surface area contributed by atoms with Gasteiger partial charge in [-0.05, 0) is 37.1 Å². The van der Waals surface area contributed by atoms with E-state index in [0.29, 0.717) is 18.7 Å². The SMILES string of the molecule is O=C1[C@@H]2CCCN2C(=O)N1C[C@@H](O)COc1ccc(F)cc1. The number of β-amino-alcohol motifs (C(OH)–C–C–N with tert-alkyl or cyclic N) is 1. The second-order valence-corrected chi connectivity index (χ2v) is 5.50. The first-order valence-electron chi connectivity index (χ1n) is 7.24. The highest BCUT2D eigenvalue weighted by molar-refractivity contribution is 6.04. The van der Waals surface area contributed by atoms with E-state index in [1.165, 1.54) is 24.3 Å². The number of carbonyl (C=O) groups is 2. The highest BCUT2D eigenvalue weighted by Gasteiger charge is 2.47. The predicted molar refractivity (Wildman–Crippen MR) is 74.7 cm³/mol. The molecule has 2 heterocycles. The lowest BCUT2D eigenvalue weighted by Crippen LogP contribution is -2.41. The van der Waals surface area contributed by atoms with Crippen molar-refractivity contribution in [2.45, 2.75) is 25.0 Å². The molecule has 0 unspecified atom stereocenters. The fourth-order valence-electron chi connectivity index (χ4n) is 2.84. The Morgan fingerprint density at radius 1 is 1.32 bits per heavy atom. The second-order valence-electron chi connectivity index (χ2n) is 5.50. The number of urea groups is 1. The molecule has 3 amide bonds. The van der Waals surface area contributed by atoms with Crippen LogP contribution < -0.4 is 4.74 Å². The number of carbonyl (C=O) groups excluding carboxylic acids is 2. The maximum Gasteiger partial charge on any atom is 0.327 e. The van der Waals surface area contributed by atoms with Crippen LogP contribution in [0.25, 0.3) is 0 Å². The van der Waals surface area contributed by atoms with Gasteiger partial charge in [0.1, 0.15) is 30.3 Å². The van der Waals surface area contributed by atoms with Crippen molar-refractivity contribution in [1.29, 1.82) is 0 Å². The van der Waals surface area contributed by atoms with Crippen LogP contribution in [-0.4, -0.2) is 58.7 Å². The first-order chi connectivity index (χ1) is 10.6. The van der Waals surface area contributed by atoms with Crippen molar-refractivity contribution in [2.24, 2.45) is 0 Å². The van der Waals surface area contributed by atoms with Crippen molar-refractivity contribution in [3.05, 3.63) is 30.1 Å².